The van der Waals surface area contributed by atoms with E-state index in [1.165, 1.54) is 0 Å². The summed E-state index contributed by atoms with van der Waals surface area (Å²) >= 11 is 9.30. The van der Waals surface area contributed by atoms with E-state index in [9.17, 15) is 4.79 Å². The molecular formula is C12H11BrClN3O. The first-order valence-corrected chi connectivity index (χ1v) is 6.50. The highest BCUT2D eigenvalue weighted by Crippen LogP contribution is 2.30. The fourth-order valence-electron chi connectivity index (χ4n) is 1.47. The monoisotopic (exact) mass is 327 g/mol. The Bertz CT molecular complexity index is 556. The Kier molecular flexibility index (Phi) is 4.04. The number of halogens is 2. The molecule has 0 radical (unpaired) electrons. The molecule has 1 heterocycles. The summed E-state index contributed by atoms with van der Waals surface area (Å²) in [6.07, 6.45) is 3.39. The topological polar surface area (TPSA) is 46.9 Å². The number of aromatic nitrogens is 2. The van der Waals surface area contributed by atoms with Crippen LogP contribution >= 0.6 is 27.5 Å². The second kappa shape index (κ2) is 5.54. The largest absolute Gasteiger partial charge is 0.323 e. The van der Waals surface area contributed by atoms with Gasteiger partial charge in [0.1, 0.15) is 6.04 Å². The highest BCUT2D eigenvalue weighted by atomic mass is 79.9. The molecule has 2 rings (SSSR count). The van der Waals surface area contributed by atoms with Gasteiger partial charge >= 0.3 is 0 Å². The van der Waals surface area contributed by atoms with Gasteiger partial charge < -0.3 is 5.32 Å². The van der Waals surface area contributed by atoms with E-state index in [0.717, 1.165) is 0 Å². The van der Waals surface area contributed by atoms with Crippen molar-refractivity contribution >= 4 is 39.1 Å². The molecule has 1 N–H and O–H groups in total. The Morgan fingerprint density at radius 3 is 2.94 bits per heavy atom. The predicted octanol–water partition coefficient (Wildman–Crippen LogP) is 3.50. The van der Waals surface area contributed by atoms with E-state index < -0.39 is 0 Å². The highest BCUT2D eigenvalue weighted by Gasteiger charge is 2.16. The van der Waals surface area contributed by atoms with Crippen molar-refractivity contribution in [1.29, 1.82) is 0 Å². The van der Waals surface area contributed by atoms with Crippen molar-refractivity contribution in [3.05, 3.63) is 46.2 Å². The summed E-state index contributed by atoms with van der Waals surface area (Å²) in [5.74, 6) is -0.151. The minimum Gasteiger partial charge on any atom is -0.323 e. The summed E-state index contributed by atoms with van der Waals surface area (Å²) in [5.41, 5.74) is 0.645. The molecule has 0 spiro atoms. The predicted molar refractivity (Wildman–Crippen MR) is 74.7 cm³/mol. The smallest absolute Gasteiger partial charge is 0.248 e. The van der Waals surface area contributed by atoms with E-state index in [4.69, 9.17) is 11.6 Å². The number of carbonyl (C=O) groups is 1. The van der Waals surface area contributed by atoms with E-state index in [2.05, 4.69) is 26.3 Å². The number of carbonyl (C=O) groups excluding carboxylic acids is 1. The zero-order valence-corrected chi connectivity index (χ0v) is 11.9. The first kappa shape index (κ1) is 13.1. The molecule has 0 bridgehead atoms. The lowest BCUT2D eigenvalue weighted by atomic mass is 10.2. The number of hydrogen-bond donors (Lipinski definition) is 1. The molecule has 2 aromatic rings. The van der Waals surface area contributed by atoms with Gasteiger partial charge in [0.15, 0.2) is 0 Å². The van der Waals surface area contributed by atoms with E-state index in [0.29, 0.717) is 15.2 Å². The van der Waals surface area contributed by atoms with Crippen LogP contribution in [0, 0.1) is 0 Å². The lowest BCUT2D eigenvalue weighted by Crippen LogP contribution is -2.24. The zero-order valence-electron chi connectivity index (χ0n) is 9.60. The number of amides is 1. The lowest BCUT2D eigenvalue weighted by molar-refractivity contribution is -0.119. The van der Waals surface area contributed by atoms with Crippen LogP contribution < -0.4 is 5.32 Å². The molecule has 94 valence electrons. The second-order valence-electron chi connectivity index (χ2n) is 3.75. The summed E-state index contributed by atoms with van der Waals surface area (Å²) in [6, 6.07) is 6.70. The van der Waals surface area contributed by atoms with Crippen LogP contribution in [0.25, 0.3) is 0 Å². The minimum absolute atomic E-state index is 0.151. The third-order valence-electron chi connectivity index (χ3n) is 2.51. The van der Waals surface area contributed by atoms with Crippen LogP contribution in [-0.4, -0.2) is 15.7 Å². The fourth-order valence-corrected chi connectivity index (χ4v) is 2.01. The van der Waals surface area contributed by atoms with Gasteiger partial charge in [0, 0.05) is 12.4 Å². The quantitative estimate of drug-likeness (QED) is 0.937. The molecule has 1 unspecified atom stereocenters. The Morgan fingerprint density at radius 2 is 2.28 bits per heavy atom. The van der Waals surface area contributed by atoms with Gasteiger partial charge in [-0.15, -0.1) is 0 Å². The molecule has 0 saturated heterocycles. The average Bonchev–Trinajstić information content (AvgIpc) is 2.87. The maximum atomic E-state index is 12.0. The SMILES string of the molecule is CC(C(=O)Nc1cccc(Cl)c1Br)n1cccn1. The molecule has 4 nitrogen and oxygen atoms in total. The van der Waals surface area contributed by atoms with Crippen molar-refractivity contribution in [3.8, 4) is 0 Å². The summed E-state index contributed by atoms with van der Waals surface area (Å²) in [7, 11) is 0. The van der Waals surface area contributed by atoms with Crippen molar-refractivity contribution in [1.82, 2.24) is 9.78 Å². The molecule has 18 heavy (non-hydrogen) atoms. The molecule has 1 aromatic heterocycles. The maximum absolute atomic E-state index is 12.0. The summed E-state index contributed by atoms with van der Waals surface area (Å²) in [5, 5.41) is 7.40. The van der Waals surface area contributed by atoms with Crippen LogP contribution in [-0.2, 0) is 4.79 Å². The van der Waals surface area contributed by atoms with Gasteiger partial charge in [0.2, 0.25) is 5.91 Å². The lowest BCUT2D eigenvalue weighted by Gasteiger charge is -2.14. The fraction of sp³-hybridized carbons (Fsp3) is 0.167. The van der Waals surface area contributed by atoms with Gasteiger partial charge in [-0.2, -0.15) is 5.10 Å². The second-order valence-corrected chi connectivity index (χ2v) is 4.95. The molecule has 1 aromatic carbocycles. The Hall–Kier alpha value is -1.33. The summed E-state index contributed by atoms with van der Waals surface area (Å²) in [4.78, 5) is 12.0. The van der Waals surface area contributed by atoms with Gasteiger partial charge in [0.05, 0.1) is 15.2 Å². The standard InChI is InChI=1S/C12H11BrClN3O/c1-8(17-7-3-6-15-17)12(18)16-10-5-2-4-9(14)11(10)13/h2-8H,1H3,(H,16,18). The molecule has 0 aliphatic heterocycles. The molecule has 0 aliphatic carbocycles. The molecule has 0 aliphatic rings. The van der Waals surface area contributed by atoms with Crippen LogP contribution in [0.3, 0.4) is 0 Å². The molecule has 0 saturated carbocycles. The molecular weight excluding hydrogens is 318 g/mol. The minimum atomic E-state index is -0.383. The zero-order chi connectivity index (χ0) is 13.1. The Morgan fingerprint density at radius 1 is 1.50 bits per heavy atom. The summed E-state index contributed by atoms with van der Waals surface area (Å²) < 4.78 is 2.26. The Balaban J connectivity index is 2.14. The van der Waals surface area contributed by atoms with Crippen molar-refractivity contribution in [2.24, 2.45) is 0 Å². The third-order valence-corrected chi connectivity index (χ3v) is 3.91. The van der Waals surface area contributed by atoms with E-state index in [1.54, 1.807) is 48.3 Å². The molecule has 1 atom stereocenters. The van der Waals surface area contributed by atoms with Crippen molar-refractivity contribution in [2.45, 2.75) is 13.0 Å². The van der Waals surface area contributed by atoms with Crippen LogP contribution in [0.1, 0.15) is 13.0 Å². The van der Waals surface area contributed by atoms with Crippen LogP contribution in [0.2, 0.25) is 5.02 Å². The van der Waals surface area contributed by atoms with Gasteiger partial charge in [-0.3, -0.25) is 9.48 Å². The maximum Gasteiger partial charge on any atom is 0.248 e. The van der Waals surface area contributed by atoms with Gasteiger partial charge in [-0.25, -0.2) is 0 Å². The summed E-state index contributed by atoms with van der Waals surface area (Å²) in [6.45, 7) is 1.78. The first-order chi connectivity index (χ1) is 8.59. The van der Waals surface area contributed by atoms with Crippen molar-refractivity contribution < 1.29 is 4.79 Å². The average molecular weight is 329 g/mol. The number of nitrogens with zero attached hydrogens (tertiary/aromatic N) is 2. The highest BCUT2D eigenvalue weighted by molar-refractivity contribution is 9.10. The molecule has 6 heteroatoms. The molecule has 0 fully saturated rings. The van der Waals surface area contributed by atoms with E-state index in [-0.39, 0.29) is 11.9 Å². The van der Waals surface area contributed by atoms with Crippen LogP contribution in [0.5, 0.6) is 0 Å². The normalized spacial score (nSPS) is 12.2. The number of anilines is 1. The van der Waals surface area contributed by atoms with E-state index >= 15 is 0 Å². The van der Waals surface area contributed by atoms with Gasteiger partial charge in [0.25, 0.3) is 0 Å². The number of hydrogen-bond acceptors (Lipinski definition) is 2. The number of benzene rings is 1. The van der Waals surface area contributed by atoms with Crippen LogP contribution in [0.15, 0.2) is 41.1 Å². The third kappa shape index (κ3) is 2.73. The van der Waals surface area contributed by atoms with Gasteiger partial charge in [-0.05, 0) is 41.1 Å². The van der Waals surface area contributed by atoms with Gasteiger partial charge in [-0.1, -0.05) is 17.7 Å². The first-order valence-electron chi connectivity index (χ1n) is 5.33. The Labute approximate surface area is 118 Å². The number of nitrogens with one attached hydrogen (secondary N) is 1. The van der Waals surface area contributed by atoms with E-state index in [1.807, 2.05) is 0 Å². The van der Waals surface area contributed by atoms with Crippen molar-refractivity contribution in [2.75, 3.05) is 5.32 Å². The van der Waals surface area contributed by atoms with Crippen molar-refractivity contribution in [3.63, 3.8) is 0 Å². The van der Waals surface area contributed by atoms with Crippen LogP contribution in [0.4, 0.5) is 5.69 Å². The number of rotatable bonds is 3. The molecule has 1 amide bonds.